The van der Waals surface area contributed by atoms with Crippen molar-refractivity contribution in [3.63, 3.8) is 0 Å². The van der Waals surface area contributed by atoms with E-state index in [-0.39, 0.29) is 19.2 Å². The van der Waals surface area contributed by atoms with Crippen LogP contribution in [0.1, 0.15) is 18.1 Å². The van der Waals surface area contributed by atoms with Crippen LogP contribution in [0.3, 0.4) is 0 Å². The maximum Gasteiger partial charge on any atom is 0.315 e. The van der Waals surface area contributed by atoms with Crippen LogP contribution in [0.5, 0.6) is 0 Å². The molecule has 5 nitrogen and oxygen atoms in total. The molecule has 3 N–H and O–H groups in total. The van der Waals surface area contributed by atoms with Gasteiger partial charge in [-0.15, -0.1) is 0 Å². The summed E-state index contributed by atoms with van der Waals surface area (Å²) in [5.74, 6) is 0. The molecule has 0 fully saturated rings. The number of aliphatic hydroxyl groups excluding tert-OH is 1. The standard InChI is InChI=1S/C14H23N3O2/c1-3-17(2)11-13-6-4-5-12(9-13)10-16-14(19)15-7-8-18/h4-6,9,18H,3,7-8,10-11H2,1-2H3,(H2,15,16,19). The molecule has 2 amide bonds. The van der Waals surface area contributed by atoms with Crippen molar-refractivity contribution in [2.45, 2.75) is 20.0 Å². The van der Waals surface area contributed by atoms with Crippen LogP contribution in [-0.4, -0.2) is 42.8 Å². The lowest BCUT2D eigenvalue weighted by Crippen LogP contribution is -2.36. The molecule has 0 saturated heterocycles. The van der Waals surface area contributed by atoms with Crippen LogP contribution in [0.4, 0.5) is 4.79 Å². The van der Waals surface area contributed by atoms with Gasteiger partial charge in [0.05, 0.1) is 6.61 Å². The van der Waals surface area contributed by atoms with Gasteiger partial charge in [0.15, 0.2) is 0 Å². The van der Waals surface area contributed by atoms with Gasteiger partial charge in [0.25, 0.3) is 0 Å². The van der Waals surface area contributed by atoms with Crippen molar-refractivity contribution >= 4 is 6.03 Å². The molecule has 106 valence electrons. The molecule has 0 spiro atoms. The minimum atomic E-state index is -0.259. The summed E-state index contributed by atoms with van der Waals surface area (Å²) in [5, 5.41) is 13.9. The highest BCUT2D eigenvalue weighted by atomic mass is 16.3. The number of hydrogen-bond acceptors (Lipinski definition) is 3. The minimum absolute atomic E-state index is 0.0493. The largest absolute Gasteiger partial charge is 0.395 e. The summed E-state index contributed by atoms with van der Waals surface area (Å²) in [5.41, 5.74) is 2.31. The number of carbonyl (C=O) groups is 1. The second kappa shape index (κ2) is 8.50. The van der Waals surface area contributed by atoms with Gasteiger partial charge in [0.2, 0.25) is 0 Å². The molecule has 0 aliphatic rings. The summed E-state index contributed by atoms with van der Waals surface area (Å²) in [6.45, 7) is 4.74. The van der Waals surface area contributed by atoms with Gasteiger partial charge in [-0.05, 0) is 24.7 Å². The molecule has 0 unspecified atom stereocenters. The third kappa shape index (κ3) is 6.22. The maximum absolute atomic E-state index is 11.3. The highest BCUT2D eigenvalue weighted by Gasteiger charge is 2.02. The van der Waals surface area contributed by atoms with E-state index in [1.165, 1.54) is 5.56 Å². The third-order valence-electron chi connectivity index (χ3n) is 2.83. The molecule has 1 aromatic carbocycles. The molecule has 0 saturated carbocycles. The second-order valence-electron chi connectivity index (χ2n) is 4.48. The average Bonchev–Trinajstić information content (AvgIpc) is 2.43. The Bertz CT molecular complexity index is 396. The predicted molar refractivity (Wildman–Crippen MR) is 75.8 cm³/mol. The number of aliphatic hydroxyl groups is 1. The van der Waals surface area contributed by atoms with Crippen LogP contribution in [0.25, 0.3) is 0 Å². The zero-order valence-electron chi connectivity index (χ0n) is 11.6. The molecule has 5 heteroatoms. The summed E-state index contributed by atoms with van der Waals surface area (Å²) in [6.07, 6.45) is 0. The summed E-state index contributed by atoms with van der Waals surface area (Å²) in [7, 11) is 2.08. The molecular weight excluding hydrogens is 242 g/mol. The van der Waals surface area contributed by atoms with Crippen molar-refractivity contribution in [2.75, 3.05) is 26.7 Å². The highest BCUT2D eigenvalue weighted by Crippen LogP contribution is 2.07. The van der Waals surface area contributed by atoms with E-state index in [2.05, 4.69) is 41.6 Å². The Morgan fingerprint density at radius 2 is 2.05 bits per heavy atom. The summed E-state index contributed by atoms with van der Waals surface area (Å²) < 4.78 is 0. The van der Waals surface area contributed by atoms with Crippen LogP contribution < -0.4 is 10.6 Å². The van der Waals surface area contributed by atoms with Crippen LogP contribution >= 0.6 is 0 Å². The quantitative estimate of drug-likeness (QED) is 0.687. The average molecular weight is 265 g/mol. The van der Waals surface area contributed by atoms with E-state index in [0.29, 0.717) is 6.54 Å². The molecule has 0 heterocycles. The van der Waals surface area contributed by atoms with Gasteiger partial charge in [-0.2, -0.15) is 0 Å². The van der Waals surface area contributed by atoms with Gasteiger partial charge in [0.1, 0.15) is 0 Å². The fourth-order valence-electron chi connectivity index (χ4n) is 1.68. The SMILES string of the molecule is CCN(C)Cc1cccc(CNC(=O)NCCO)c1. The van der Waals surface area contributed by atoms with E-state index in [0.717, 1.165) is 18.7 Å². The monoisotopic (exact) mass is 265 g/mol. The Morgan fingerprint density at radius 3 is 2.74 bits per heavy atom. The van der Waals surface area contributed by atoms with Gasteiger partial charge in [-0.25, -0.2) is 4.79 Å². The van der Waals surface area contributed by atoms with E-state index in [1.807, 2.05) is 12.1 Å². The van der Waals surface area contributed by atoms with Crippen LogP contribution in [0.15, 0.2) is 24.3 Å². The molecule has 19 heavy (non-hydrogen) atoms. The maximum atomic E-state index is 11.3. The Hall–Kier alpha value is -1.59. The molecule has 1 rings (SSSR count). The van der Waals surface area contributed by atoms with Crippen LogP contribution in [0.2, 0.25) is 0 Å². The van der Waals surface area contributed by atoms with E-state index in [1.54, 1.807) is 0 Å². The molecule has 0 bridgehead atoms. The third-order valence-corrected chi connectivity index (χ3v) is 2.83. The number of benzene rings is 1. The van der Waals surface area contributed by atoms with Crippen molar-refractivity contribution in [2.24, 2.45) is 0 Å². The number of nitrogens with zero attached hydrogens (tertiary/aromatic N) is 1. The first-order chi connectivity index (χ1) is 9.15. The number of rotatable bonds is 7. The minimum Gasteiger partial charge on any atom is -0.395 e. The number of nitrogens with one attached hydrogen (secondary N) is 2. The lowest BCUT2D eigenvalue weighted by Gasteiger charge is -2.14. The van der Waals surface area contributed by atoms with E-state index >= 15 is 0 Å². The molecule has 0 aliphatic heterocycles. The zero-order chi connectivity index (χ0) is 14.1. The molecule has 0 radical (unpaired) electrons. The number of amides is 2. The topological polar surface area (TPSA) is 64.6 Å². The van der Waals surface area contributed by atoms with Gasteiger partial charge >= 0.3 is 6.03 Å². The van der Waals surface area contributed by atoms with Crippen molar-refractivity contribution in [1.29, 1.82) is 0 Å². The highest BCUT2D eigenvalue weighted by molar-refractivity contribution is 5.73. The predicted octanol–water partition coefficient (Wildman–Crippen LogP) is 0.930. The molecular formula is C14H23N3O2. The normalized spacial score (nSPS) is 10.5. The number of hydrogen-bond donors (Lipinski definition) is 3. The molecule has 1 aromatic rings. The number of carbonyl (C=O) groups excluding carboxylic acids is 1. The Labute approximate surface area is 114 Å². The molecule has 0 aromatic heterocycles. The van der Waals surface area contributed by atoms with Crippen LogP contribution in [-0.2, 0) is 13.1 Å². The van der Waals surface area contributed by atoms with E-state index in [9.17, 15) is 4.79 Å². The summed E-state index contributed by atoms with van der Waals surface area (Å²) in [4.78, 5) is 13.6. The smallest absolute Gasteiger partial charge is 0.315 e. The summed E-state index contributed by atoms with van der Waals surface area (Å²) >= 11 is 0. The fourth-order valence-corrected chi connectivity index (χ4v) is 1.68. The molecule has 0 aliphatic carbocycles. The first-order valence-electron chi connectivity index (χ1n) is 6.54. The van der Waals surface area contributed by atoms with Crippen LogP contribution in [0, 0.1) is 0 Å². The Morgan fingerprint density at radius 1 is 1.32 bits per heavy atom. The Balaban J connectivity index is 2.45. The van der Waals surface area contributed by atoms with Crippen molar-refractivity contribution < 1.29 is 9.90 Å². The van der Waals surface area contributed by atoms with Crippen molar-refractivity contribution in [1.82, 2.24) is 15.5 Å². The van der Waals surface area contributed by atoms with E-state index < -0.39 is 0 Å². The van der Waals surface area contributed by atoms with Gasteiger partial charge in [0, 0.05) is 19.6 Å². The Kier molecular flexibility index (Phi) is 6.92. The van der Waals surface area contributed by atoms with Crippen molar-refractivity contribution in [3.05, 3.63) is 35.4 Å². The lowest BCUT2D eigenvalue weighted by molar-refractivity contribution is 0.234. The van der Waals surface area contributed by atoms with Gasteiger partial charge < -0.3 is 20.6 Å². The fraction of sp³-hybridized carbons (Fsp3) is 0.500. The zero-order valence-corrected chi connectivity index (χ0v) is 11.6. The second-order valence-corrected chi connectivity index (χ2v) is 4.48. The first-order valence-corrected chi connectivity index (χ1v) is 6.54. The number of urea groups is 1. The van der Waals surface area contributed by atoms with Crippen molar-refractivity contribution in [3.8, 4) is 0 Å². The first kappa shape index (κ1) is 15.5. The van der Waals surface area contributed by atoms with E-state index in [4.69, 9.17) is 5.11 Å². The summed E-state index contributed by atoms with van der Waals surface area (Å²) in [6, 6.07) is 7.91. The molecule has 0 atom stereocenters. The van der Waals surface area contributed by atoms with Gasteiger partial charge in [-0.1, -0.05) is 31.2 Å². The lowest BCUT2D eigenvalue weighted by atomic mass is 10.1. The van der Waals surface area contributed by atoms with Gasteiger partial charge in [-0.3, -0.25) is 0 Å².